The molecule has 2 aliphatic heterocycles. The van der Waals surface area contributed by atoms with Gasteiger partial charge in [0, 0.05) is 36.6 Å². The summed E-state index contributed by atoms with van der Waals surface area (Å²) in [7, 11) is 0. The topological polar surface area (TPSA) is 102 Å². The second-order valence-electron chi connectivity index (χ2n) is 6.07. The SMILES string of the molecule is O=C1NCCc2[nH]c(-c3ccnc(-c4cnc5c(c4)OCCO5)n3)cc21. The van der Waals surface area contributed by atoms with Gasteiger partial charge < -0.3 is 19.8 Å². The molecule has 8 nitrogen and oxygen atoms in total. The smallest absolute Gasteiger partial charge is 0.257 e. The summed E-state index contributed by atoms with van der Waals surface area (Å²) in [4.78, 5) is 28.5. The normalized spacial score (nSPS) is 15.3. The van der Waals surface area contributed by atoms with E-state index in [1.54, 1.807) is 12.4 Å². The fourth-order valence-corrected chi connectivity index (χ4v) is 3.14. The Hall–Kier alpha value is -3.42. The van der Waals surface area contributed by atoms with Gasteiger partial charge in [0.1, 0.15) is 13.2 Å². The van der Waals surface area contributed by atoms with E-state index in [0.717, 1.165) is 23.4 Å². The molecule has 5 heterocycles. The number of aromatic nitrogens is 4. The van der Waals surface area contributed by atoms with E-state index in [2.05, 4.69) is 25.3 Å². The van der Waals surface area contributed by atoms with Crippen LogP contribution < -0.4 is 14.8 Å². The molecule has 1 amide bonds. The molecular weight excluding hydrogens is 334 g/mol. The maximum absolute atomic E-state index is 12.0. The van der Waals surface area contributed by atoms with Gasteiger partial charge in [-0.2, -0.15) is 0 Å². The number of carbonyl (C=O) groups excluding carboxylic acids is 1. The van der Waals surface area contributed by atoms with E-state index in [-0.39, 0.29) is 5.91 Å². The lowest BCUT2D eigenvalue weighted by Crippen LogP contribution is -2.31. The fraction of sp³-hybridized carbons (Fsp3) is 0.222. The van der Waals surface area contributed by atoms with Gasteiger partial charge in [0.05, 0.1) is 17.0 Å². The van der Waals surface area contributed by atoms with Gasteiger partial charge in [0.2, 0.25) is 0 Å². The number of rotatable bonds is 2. The molecule has 8 heteroatoms. The largest absolute Gasteiger partial charge is 0.484 e. The maximum Gasteiger partial charge on any atom is 0.257 e. The zero-order valence-corrected chi connectivity index (χ0v) is 13.8. The molecule has 0 unspecified atom stereocenters. The van der Waals surface area contributed by atoms with E-state index in [0.29, 0.717) is 48.5 Å². The summed E-state index contributed by atoms with van der Waals surface area (Å²) in [5.41, 5.74) is 3.86. The van der Waals surface area contributed by atoms with Crippen molar-refractivity contribution >= 4 is 5.91 Å². The molecule has 0 aromatic carbocycles. The van der Waals surface area contributed by atoms with Crippen molar-refractivity contribution < 1.29 is 14.3 Å². The number of pyridine rings is 1. The monoisotopic (exact) mass is 349 g/mol. The highest BCUT2D eigenvalue weighted by Crippen LogP contribution is 2.31. The van der Waals surface area contributed by atoms with E-state index in [1.165, 1.54) is 0 Å². The van der Waals surface area contributed by atoms with E-state index < -0.39 is 0 Å². The average molecular weight is 349 g/mol. The summed E-state index contributed by atoms with van der Waals surface area (Å²) in [6.07, 6.45) is 4.14. The number of aromatic amines is 1. The summed E-state index contributed by atoms with van der Waals surface area (Å²) in [6.45, 7) is 1.63. The third-order valence-electron chi connectivity index (χ3n) is 4.39. The van der Waals surface area contributed by atoms with Crippen molar-refractivity contribution in [2.45, 2.75) is 6.42 Å². The Morgan fingerprint density at radius 2 is 2.04 bits per heavy atom. The van der Waals surface area contributed by atoms with Crippen LogP contribution in [0.3, 0.4) is 0 Å². The van der Waals surface area contributed by atoms with E-state index in [4.69, 9.17) is 9.47 Å². The lowest BCUT2D eigenvalue weighted by atomic mass is 10.1. The second-order valence-corrected chi connectivity index (χ2v) is 6.07. The summed E-state index contributed by atoms with van der Waals surface area (Å²) in [5, 5.41) is 2.84. The van der Waals surface area contributed by atoms with Crippen LogP contribution in [0.25, 0.3) is 22.8 Å². The number of H-pyrrole nitrogens is 1. The lowest BCUT2D eigenvalue weighted by Gasteiger charge is -2.17. The zero-order valence-electron chi connectivity index (χ0n) is 13.8. The molecule has 26 heavy (non-hydrogen) atoms. The van der Waals surface area contributed by atoms with Gasteiger partial charge in [-0.15, -0.1) is 0 Å². The zero-order chi connectivity index (χ0) is 17.5. The Morgan fingerprint density at radius 3 is 2.96 bits per heavy atom. The third-order valence-corrected chi connectivity index (χ3v) is 4.39. The van der Waals surface area contributed by atoms with Crippen molar-refractivity contribution in [1.29, 1.82) is 0 Å². The number of carbonyl (C=O) groups is 1. The highest BCUT2D eigenvalue weighted by molar-refractivity contribution is 5.97. The Labute approximate surface area is 148 Å². The van der Waals surface area contributed by atoms with Gasteiger partial charge >= 0.3 is 0 Å². The van der Waals surface area contributed by atoms with Crippen LogP contribution >= 0.6 is 0 Å². The standard InChI is InChI=1S/C18H15N5O3/c24-17-11-8-14(22-12(11)1-4-20-17)13-2-3-19-16(23-13)10-7-15-18(21-9-10)26-6-5-25-15/h2-3,7-9,22H,1,4-6H2,(H,20,24). The molecule has 0 bridgehead atoms. The van der Waals surface area contributed by atoms with Crippen molar-refractivity contribution in [3.63, 3.8) is 0 Å². The molecule has 3 aromatic rings. The van der Waals surface area contributed by atoms with Crippen LogP contribution in [0.1, 0.15) is 16.1 Å². The van der Waals surface area contributed by atoms with Crippen LogP contribution in [0.2, 0.25) is 0 Å². The predicted molar refractivity (Wildman–Crippen MR) is 92.1 cm³/mol. The first-order chi connectivity index (χ1) is 12.8. The molecule has 0 fully saturated rings. The quantitative estimate of drug-likeness (QED) is 0.728. The van der Waals surface area contributed by atoms with E-state index >= 15 is 0 Å². The number of amides is 1. The fourth-order valence-electron chi connectivity index (χ4n) is 3.14. The molecule has 0 saturated heterocycles. The maximum atomic E-state index is 12.0. The number of ether oxygens (including phenoxy) is 2. The Bertz CT molecular complexity index is 1010. The number of nitrogens with one attached hydrogen (secondary N) is 2. The Kier molecular flexibility index (Phi) is 3.34. The van der Waals surface area contributed by atoms with Gasteiger partial charge in [-0.25, -0.2) is 15.0 Å². The molecule has 5 rings (SSSR count). The minimum atomic E-state index is -0.0564. The van der Waals surface area contributed by atoms with Crippen molar-refractivity contribution in [2.75, 3.05) is 19.8 Å². The summed E-state index contributed by atoms with van der Waals surface area (Å²) in [5.74, 6) is 1.55. The average Bonchev–Trinajstić information content (AvgIpc) is 3.14. The van der Waals surface area contributed by atoms with E-state index in [1.807, 2.05) is 18.2 Å². The molecule has 0 radical (unpaired) electrons. The molecular formula is C18H15N5O3. The molecule has 2 aliphatic rings. The van der Waals surface area contributed by atoms with Crippen molar-refractivity contribution in [1.82, 2.24) is 25.3 Å². The van der Waals surface area contributed by atoms with Crippen LogP contribution in [-0.2, 0) is 6.42 Å². The number of hydrogen-bond donors (Lipinski definition) is 2. The number of fused-ring (bicyclic) bond motifs is 2. The predicted octanol–water partition coefficient (Wildman–Crippen LogP) is 1.59. The summed E-state index contributed by atoms with van der Waals surface area (Å²) >= 11 is 0. The summed E-state index contributed by atoms with van der Waals surface area (Å²) < 4.78 is 11.0. The van der Waals surface area contributed by atoms with Gasteiger partial charge in [-0.1, -0.05) is 0 Å². The third kappa shape index (κ3) is 2.46. The highest BCUT2D eigenvalue weighted by Gasteiger charge is 2.21. The van der Waals surface area contributed by atoms with Gasteiger partial charge in [0.25, 0.3) is 11.8 Å². The minimum Gasteiger partial charge on any atom is -0.484 e. The molecule has 2 N–H and O–H groups in total. The van der Waals surface area contributed by atoms with Crippen LogP contribution in [0, 0.1) is 0 Å². The van der Waals surface area contributed by atoms with Crippen LogP contribution in [0.4, 0.5) is 0 Å². The number of hydrogen-bond acceptors (Lipinski definition) is 6. The summed E-state index contributed by atoms with van der Waals surface area (Å²) in [6, 6.07) is 5.47. The Morgan fingerprint density at radius 1 is 1.12 bits per heavy atom. The van der Waals surface area contributed by atoms with Crippen LogP contribution in [0.5, 0.6) is 11.6 Å². The first-order valence-corrected chi connectivity index (χ1v) is 8.37. The first-order valence-electron chi connectivity index (χ1n) is 8.37. The van der Waals surface area contributed by atoms with Crippen molar-refractivity contribution in [2.24, 2.45) is 0 Å². The van der Waals surface area contributed by atoms with Crippen LogP contribution in [0.15, 0.2) is 30.6 Å². The van der Waals surface area contributed by atoms with Gasteiger partial charge in [-0.3, -0.25) is 4.79 Å². The van der Waals surface area contributed by atoms with Gasteiger partial charge in [-0.05, 0) is 18.2 Å². The Balaban J connectivity index is 1.53. The molecule has 0 aliphatic carbocycles. The molecule has 3 aromatic heterocycles. The molecule has 130 valence electrons. The molecule has 0 saturated carbocycles. The van der Waals surface area contributed by atoms with Crippen molar-refractivity contribution in [3.05, 3.63) is 41.9 Å². The lowest BCUT2D eigenvalue weighted by molar-refractivity contribution is 0.0946. The minimum absolute atomic E-state index is 0.0564. The highest BCUT2D eigenvalue weighted by atomic mass is 16.6. The molecule has 0 atom stereocenters. The van der Waals surface area contributed by atoms with Crippen molar-refractivity contribution in [3.8, 4) is 34.4 Å². The van der Waals surface area contributed by atoms with Crippen LogP contribution in [-0.4, -0.2) is 45.6 Å². The van der Waals surface area contributed by atoms with E-state index in [9.17, 15) is 4.79 Å². The van der Waals surface area contributed by atoms with Gasteiger partial charge in [0.15, 0.2) is 11.6 Å². The second kappa shape index (κ2) is 5.83. The first kappa shape index (κ1) is 14.9. The molecule has 0 spiro atoms. The number of nitrogens with zero attached hydrogens (tertiary/aromatic N) is 3.